The van der Waals surface area contributed by atoms with Crippen LogP contribution in [-0.4, -0.2) is 71.7 Å². The van der Waals surface area contributed by atoms with E-state index in [1.54, 1.807) is 0 Å². The maximum absolute atomic E-state index is 12.0. The fourth-order valence-corrected chi connectivity index (χ4v) is 3.53. The van der Waals surface area contributed by atoms with Crippen LogP contribution in [0, 0.1) is 5.92 Å². The third-order valence-corrected chi connectivity index (χ3v) is 4.68. The van der Waals surface area contributed by atoms with Crippen LogP contribution >= 0.6 is 0 Å². The first-order valence-corrected chi connectivity index (χ1v) is 8.43. The smallest absolute Gasteiger partial charge is 0.325 e. The quantitative estimate of drug-likeness (QED) is 0.706. The van der Waals surface area contributed by atoms with Gasteiger partial charge in [-0.05, 0) is 45.6 Å². The molecule has 0 bridgehead atoms. The van der Waals surface area contributed by atoms with Gasteiger partial charge in [0.05, 0.1) is 0 Å². The van der Waals surface area contributed by atoms with Gasteiger partial charge in [-0.2, -0.15) is 0 Å². The Bertz CT molecular complexity index is 349. The van der Waals surface area contributed by atoms with E-state index in [4.69, 9.17) is 0 Å². The number of nitrogens with zero attached hydrogens (tertiary/aromatic N) is 2. The van der Waals surface area contributed by atoms with Gasteiger partial charge < -0.3 is 10.0 Å². The summed E-state index contributed by atoms with van der Waals surface area (Å²) in [5, 5.41) is 13.2. The molecule has 0 aromatic rings. The molecule has 2 aliphatic rings. The molecule has 21 heavy (non-hydrogen) atoms. The van der Waals surface area contributed by atoms with E-state index in [1.165, 1.54) is 6.42 Å². The van der Waals surface area contributed by atoms with Crippen molar-refractivity contribution in [3.63, 3.8) is 0 Å². The van der Waals surface area contributed by atoms with Crippen molar-refractivity contribution in [2.75, 3.05) is 39.3 Å². The van der Waals surface area contributed by atoms with Crippen molar-refractivity contribution in [2.24, 2.45) is 5.92 Å². The van der Waals surface area contributed by atoms with Gasteiger partial charge in [-0.1, -0.05) is 6.92 Å². The van der Waals surface area contributed by atoms with E-state index in [0.29, 0.717) is 12.5 Å². The normalized spacial score (nSPS) is 24.2. The van der Waals surface area contributed by atoms with Crippen LogP contribution in [0.1, 0.15) is 40.0 Å². The minimum absolute atomic E-state index is 0.197. The second kappa shape index (κ2) is 7.07. The van der Waals surface area contributed by atoms with Crippen LogP contribution in [0.2, 0.25) is 0 Å². The lowest BCUT2D eigenvalue weighted by molar-refractivity contribution is -0.147. The Morgan fingerprint density at radius 2 is 1.81 bits per heavy atom. The molecule has 0 radical (unpaired) electrons. The fourth-order valence-electron chi connectivity index (χ4n) is 3.53. The van der Waals surface area contributed by atoms with Gasteiger partial charge in [0.2, 0.25) is 0 Å². The van der Waals surface area contributed by atoms with Crippen LogP contribution < -0.4 is 5.32 Å². The van der Waals surface area contributed by atoms with E-state index in [2.05, 4.69) is 22.0 Å². The summed E-state index contributed by atoms with van der Waals surface area (Å²) in [6.07, 6.45) is 3.28. The van der Waals surface area contributed by atoms with Crippen molar-refractivity contribution in [1.82, 2.24) is 15.1 Å². The maximum Gasteiger partial charge on any atom is 0.325 e. The highest BCUT2D eigenvalue weighted by Gasteiger charge is 2.52. The van der Waals surface area contributed by atoms with Crippen molar-refractivity contribution in [3.05, 3.63) is 0 Å². The number of rotatable bonds is 8. The number of piperazine rings is 1. The Hall–Kier alpha value is -0.650. The highest BCUT2D eigenvalue weighted by atomic mass is 16.4. The first-order chi connectivity index (χ1) is 9.98. The van der Waals surface area contributed by atoms with Crippen LogP contribution in [-0.2, 0) is 4.79 Å². The highest BCUT2D eigenvalue weighted by molar-refractivity contribution is 5.80. The van der Waals surface area contributed by atoms with Gasteiger partial charge in [-0.15, -0.1) is 0 Å². The summed E-state index contributed by atoms with van der Waals surface area (Å²) in [6, 6.07) is 0.197. The maximum atomic E-state index is 12.0. The van der Waals surface area contributed by atoms with Gasteiger partial charge >= 0.3 is 5.97 Å². The lowest BCUT2D eigenvalue weighted by atomic mass is 9.91. The standard InChI is InChI=1S/C16H31N3O2/c1-4-7-18-8-10-19(11-9-18)12-16(15(20)21,14-5-6-14)17-13(2)3/h13-14,17H,4-12H2,1-3H3,(H,20,21). The van der Waals surface area contributed by atoms with E-state index in [9.17, 15) is 9.90 Å². The number of nitrogens with one attached hydrogen (secondary N) is 1. The third kappa shape index (κ3) is 4.18. The van der Waals surface area contributed by atoms with Gasteiger partial charge in [0.1, 0.15) is 5.54 Å². The van der Waals surface area contributed by atoms with Crippen molar-refractivity contribution in [2.45, 2.75) is 51.6 Å². The van der Waals surface area contributed by atoms with Crippen molar-refractivity contribution >= 4 is 5.97 Å². The molecular weight excluding hydrogens is 266 g/mol. The number of aliphatic carboxylic acids is 1. The second-order valence-corrected chi connectivity index (χ2v) is 6.97. The predicted molar refractivity (Wildman–Crippen MR) is 84.5 cm³/mol. The lowest BCUT2D eigenvalue weighted by Gasteiger charge is -2.41. The van der Waals surface area contributed by atoms with Gasteiger partial charge in [-0.25, -0.2) is 0 Å². The fraction of sp³-hybridized carbons (Fsp3) is 0.938. The lowest BCUT2D eigenvalue weighted by Crippen LogP contribution is -2.64. The van der Waals surface area contributed by atoms with Crippen LogP contribution in [0.15, 0.2) is 0 Å². The van der Waals surface area contributed by atoms with Crippen LogP contribution in [0.4, 0.5) is 0 Å². The number of hydrogen-bond donors (Lipinski definition) is 2. The Kier molecular flexibility index (Phi) is 5.63. The molecule has 0 amide bonds. The average molecular weight is 297 g/mol. The molecule has 122 valence electrons. The van der Waals surface area contributed by atoms with Crippen LogP contribution in [0.25, 0.3) is 0 Å². The SMILES string of the molecule is CCCN1CCN(CC(NC(C)C)(C(=O)O)C2CC2)CC1. The van der Waals surface area contributed by atoms with Gasteiger partial charge in [0.15, 0.2) is 0 Å². The molecule has 1 aliphatic heterocycles. The average Bonchev–Trinajstić information content (AvgIpc) is 3.24. The largest absolute Gasteiger partial charge is 0.480 e. The Labute approximate surface area is 128 Å². The molecule has 1 saturated carbocycles. The van der Waals surface area contributed by atoms with Gasteiger partial charge in [0, 0.05) is 38.8 Å². The van der Waals surface area contributed by atoms with Crippen molar-refractivity contribution < 1.29 is 9.90 Å². The van der Waals surface area contributed by atoms with Crippen LogP contribution in [0.5, 0.6) is 0 Å². The molecular formula is C16H31N3O2. The van der Waals surface area contributed by atoms with E-state index >= 15 is 0 Å². The molecule has 1 saturated heterocycles. The topological polar surface area (TPSA) is 55.8 Å². The monoisotopic (exact) mass is 297 g/mol. The molecule has 0 spiro atoms. The Morgan fingerprint density at radius 3 is 2.24 bits per heavy atom. The summed E-state index contributed by atoms with van der Waals surface area (Å²) < 4.78 is 0. The molecule has 1 atom stereocenters. The number of carbonyl (C=O) groups is 1. The summed E-state index contributed by atoms with van der Waals surface area (Å²) in [6.45, 7) is 12.2. The molecule has 2 rings (SSSR count). The zero-order valence-electron chi connectivity index (χ0n) is 13.8. The Balaban J connectivity index is 1.97. The molecule has 0 aromatic carbocycles. The summed E-state index contributed by atoms with van der Waals surface area (Å²) in [7, 11) is 0. The third-order valence-electron chi connectivity index (χ3n) is 4.68. The van der Waals surface area contributed by atoms with Crippen LogP contribution in [0.3, 0.4) is 0 Å². The predicted octanol–water partition coefficient (Wildman–Crippen LogP) is 1.25. The van der Waals surface area contributed by atoms with E-state index in [-0.39, 0.29) is 6.04 Å². The second-order valence-electron chi connectivity index (χ2n) is 6.97. The Morgan fingerprint density at radius 1 is 1.24 bits per heavy atom. The van der Waals surface area contributed by atoms with Crippen molar-refractivity contribution in [3.8, 4) is 0 Å². The van der Waals surface area contributed by atoms with E-state index < -0.39 is 11.5 Å². The summed E-state index contributed by atoms with van der Waals surface area (Å²) in [4.78, 5) is 16.8. The highest BCUT2D eigenvalue weighted by Crippen LogP contribution is 2.41. The molecule has 2 fully saturated rings. The van der Waals surface area contributed by atoms with Gasteiger partial charge in [0.25, 0.3) is 0 Å². The summed E-state index contributed by atoms with van der Waals surface area (Å²) in [5.41, 5.74) is -0.749. The van der Waals surface area contributed by atoms with E-state index in [1.807, 2.05) is 13.8 Å². The molecule has 1 aliphatic carbocycles. The summed E-state index contributed by atoms with van der Waals surface area (Å²) >= 11 is 0. The van der Waals surface area contributed by atoms with Gasteiger partial charge in [-0.3, -0.25) is 15.0 Å². The molecule has 0 aromatic heterocycles. The first-order valence-electron chi connectivity index (χ1n) is 8.43. The molecule has 2 N–H and O–H groups in total. The zero-order chi connectivity index (χ0) is 15.5. The molecule has 1 unspecified atom stereocenters. The molecule has 5 heteroatoms. The molecule has 5 nitrogen and oxygen atoms in total. The minimum Gasteiger partial charge on any atom is -0.480 e. The van der Waals surface area contributed by atoms with Crippen molar-refractivity contribution in [1.29, 1.82) is 0 Å². The summed E-state index contributed by atoms with van der Waals surface area (Å²) in [5.74, 6) is -0.374. The molecule has 1 heterocycles. The zero-order valence-corrected chi connectivity index (χ0v) is 13.8. The van der Waals surface area contributed by atoms with E-state index in [0.717, 1.165) is 45.6 Å². The number of carboxylic acid groups (broad SMARTS) is 1. The number of carboxylic acids is 1. The minimum atomic E-state index is -0.749. The number of hydrogen-bond acceptors (Lipinski definition) is 4. The first kappa shape index (κ1) is 16.7.